The molecule has 18 heavy (non-hydrogen) atoms. The monoisotopic (exact) mass is 244 g/mol. The van der Waals surface area contributed by atoms with E-state index < -0.39 is 0 Å². The highest BCUT2D eigenvalue weighted by Gasteiger charge is 2.13. The second-order valence-electron chi connectivity index (χ2n) is 5.00. The van der Waals surface area contributed by atoms with Gasteiger partial charge in [-0.15, -0.1) is 0 Å². The topological polar surface area (TPSA) is 28.3 Å². The molecule has 0 spiro atoms. The summed E-state index contributed by atoms with van der Waals surface area (Å²) in [5.74, 6) is 0.977. The number of benzene rings is 1. The molecule has 0 unspecified atom stereocenters. The van der Waals surface area contributed by atoms with Crippen LogP contribution in [-0.4, -0.2) is 36.6 Å². The predicted molar refractivity (Wildman–Crippen MR) is 74.2 cm³/mol. The Labute approximate surface area is 108 Å². The summed E-state index contributed by atoms with van der Waals surface area (Å²) in [5.41, 5.74) is 2.54. The summed E-state index contributed by atoms with van der Waals surface area (Å²) in [6.45, 7) is 3.68. The number of rotatable bonds is 4. The number of methoxy groups -OCH3 is 1. The van der Waals surface area contributed by atoms with Gasteiger partial charge in [-0.1, -0.05) is 6.07 Å². The molecule has 1 fully saturated rings. The minimum absolute atomic E-state index is 0.977. The fraction of sp³-hybridized carbons (Fsp3) is 0.467. The van der Waals surface area contributed by atoms with Crippen molar-refractivity contribution in [2.75, 3.05) is 26.7 Å². The molecule has 96 valence electrons. The molecule has 3 heteroatoms. The molecule has 1 aliphatic heterocycles. The van der Waals surface area contributed by atoms with Crippen molar-refractivity contribution in [3.8, 4) is 5.75 Å². The van der Waals surface area contributed by atoms with Crippen molar-refractivity contribution in [2.24, 2.45) is 0 Å². The lowest BCUT2D eigenvalue weighted by molar-refractivity contribution is 0.344. The molecule has 2 aromatic rings. The SMILES string of the molecule is COc1cccc2[nH]cc(CCN3CCCC3)c12. The molecule has 1 N–H and O–H groups in total. The van der Waals surface area contributed by atoms with Gasteiger partial charge >= 0.3 is 0 Å². The zero-order valence-corrected chi connectivity index (χ0v) is 10.9. The number of ether oxygens (including phenoxy) is 1. The zero-order valence-electron chi connectivity index (χ0n) is 10.9. The molecule has 0 aliphatic carbocycles. The number of hydrogen-bond acceptors (Lipinski definition) is 2. The third-order valence-corrected chi connectivity index (χ3v) is 3.87. The first-order chi connectivity index (χ1) is 8.88. The molecule has 0 saturated carbocycles. The molecular weight excluding hydrogens is 224 g/mol. The molecule has 3 nitrogen and oxygen atoms in total. The van der Waals surface area contributed by atoms with Crippen LogP contribution in [0.3, 0.4) is 0 Å². The summed E-state index contributed by atoms with van der Waals surface area (Å²) >= 11 is 0. The summed E-state index contributed by atoms with van der Waals surface area (Å²) < 4.78 is 5.46. The summed E-state index contributed by atoms with van der Waals surface area (Å²) in [7, 11) is 1.74. The average Bonchev–Trinajstić information content (AvgIpc) is 3.05. The Morgan fingerprint density at radius 2 is 2.11 bits per heavy atom. The van der Waals surface area contributed by atoms with Gasteiger partial charge in [-0.25, -0.2) is 0 Å². The van der Waals surface area contributed by atoms with E-state index in [1.54, 1.807) is 7.11 Å². The van der Waals surface area contributed by atoms with Gasteiger partial charge in [0, 0.05) is 23.6 Å². The number of fused-ring (bicyclic) bond motifs is 1. The van der Waals surface area contributed by atoms with Crippen molar-refractivity contribution in [3.63, 3.8) is 0 Å². The van der Waals surface area contributed by atoms with Crippen LogP contribution in [0.5, 0.6) is 5.75 Å². The molecular formula is C15H20N2O. The Bertz CT molecular complexity index is 526. The standard InChI is InChI=1S/C15H20N2O/c1-18-14-6-4-5-13-15(14)12(11-16-13)7-10-17-8-2-3-9-17/h4-6,11,16H,2-3,7-10H2,1H3. The second kappa shape index (κ2) is 5.02. The highest BCUT2D eigenvalue weighted by Crippen LogP contribution is 2.29. The fourth-order valence-electron chi connectivity index (χ4n) is 2.87. The molecule has 2 heterocycles. The average molecular weight is 244 g/mol. The van der Waals surface area contributed by atoms with Crippen LogP contribution in [0.15, 0.2) is 24.4 Å². The van der Waals surface area contributed by atoms with E-state index in [0.29, 0.717) is 0 Å². The molecule has 1 saturated heterocycles. The molecule has 3 rings (SSSR count). The van der Waals surface area contributed by atoms with Gasteiger partial charge in [0.2, 0.25) is 0 Å². The first-order valence-electron chi connectivity index (χ1n) is 6.74. The number of nitrogens with one attached hydrogen (secondary N) is 1. The van der Waals surface area contributed by atoms with Crippen LogP contribution in [0, 0.1) is 0 Å². The molecule has 1 aliphatic rings. The minimum Gasteiger partial charge on any atom is -0.496 e. The highest BCUT2D eigenvalue weighted by atomic mass is 16.5. The lowest BCUT2D eigenvalue weighted by atomic mass is 10.1. The van der Waals surface area contributed by atoms with Crippen LogP contribution < -0.4 is 4.74 Å². The number of nitrogens with zero attached hydrogens (tertiary/aromatic N) is 1. The third-order valence-electron chi connectivity index (χ3n) is 3.87. The molecule has 1 aromatic heterocycles. The van der Waals surface area contributed by atoms with Crippen molar-refractivity contribution < 1.29 is 4.74 Å². The van der Waals surface area contributed by atoms with E-state index in [0.717, 1.165) is 18.7 Å². The van der Waals surface area contributed by atoms with Crippen LogP contribution in [0.25, 0.3) is 10.9 Å². The Balaban J connectivity index is 1.82. The molecule has 0 radical (unpaired) electrons. The maximum atomic E-state index is 5.46. The Hall–Kier alpha value is -1.48. The summed E-state index contributed by atoms with van der Waals surface area (Å²) in [6.07, 6.45) is 5.94. The van der Waals surface area contributed by atoms with Crippen LogP contribution in [0.1, 0.15) is 18.4 Å². The first-order valence-corrected chi connectivity index (χ1v) is 6.74. The Morgan fingerprint density at radius 1 is 1.28 bits per heavy atom. The van der Waals surface area contributed by atoms with Crippen LogP contribution in [0.4, 0.5) is 0 Å². The van der Waals surface area contributed by atoms with Crippen molar-refractivity contribution >= 4 is 10.9 Å². The summed E-state index contributed by atoms with van der Waals surface area (Å²) in [6, 6.07) is 6.18. The van der Waals surface area contributed by atoms with E-state index in [4.69, 9.17) is 4.74 Å². The number of hydrogen-bond donors (Lipinski definition) is 1. The van der Waals surface area contributed by atoms with Gasteiger partial charge in [-0.05, 0) is 50.0 Å². The van der Waals surface area contributed by atoms with E-state index in [2.05, 4.69) is 22.1 Å². The highest BCUT2D eigenvalue weighted by molar-refractivity contribution is 5.89. The molecule has 1 aromatic carbocycles. The smallest absolute Gasteiger partial charge is 0.128 e. The largest absolute Gasteiger partial charge is 0.496 e. The van der Waals surface area contributed by atoms with Gasteiger partial charge in [0.25, 0.3) is 0 Å². The van der Waals surface area contributed by atoms with Crippen LogP contribution in [-0.2, 0) is 6.42 Å². The van der Waals surface area contributed by atoms with Crippen molar-refractivity contribution in [2.45, 2.75) is 19.3 Å². The van der Waals surface area contributed by atoms with E-state index in [-0.39, 0.29) is 0 Å². The fourth-order valence-corrected chi connectivity index (χ4v) is 2.87. The summed E-state index contributed by atoms with van der Waals surface area (Å²) in [5, 5.41) is 1.25. The van der Waals surface area contributed by atoms with E-state index >= 15 is 0 Å². The second-order valence-corrected chi connectivity index (χ2v) is 5.00. The van der Waals surface area contributed by atoms with E-state index in [9.17, 15) is 0 Å². The number of likely N-dealkylation sites (tertiary alicyclic amines) is 1. The molecule has 0 bridgehead atoms. The maximum Gasteiger partial charge on any atom is 0.128 e. The van der Waals surface area contributed by atoms with Gasteiger partial charge in [-0.3, -0.25) is 0 Å². The van der Waals surface area contributed by atoms with Crippen molar-refractivity contribution in [1.82, 2.24) is 9.88 Å². The minimum atomic E-state index is 0.977. The van der Waals surface area contributed by atoms with Crippen LogP contribution in [0.2, 0.25) is 0 Å². The van der Waals surface area contributed by atoms with E-state index in [1.165, 1.54) is 42.4 Å². The number of H-pyrrole nitrogens is 1. The van der Waals surface area contributed by atoms with E-state index in [1.807, 2.05) is 12.1 Å². The Morgan fingerprint density at radius 3 is 2.89 bits per heavy atom. The number of aromatic nitrogens is 1. The first kappa shape index (κ1) is 11.6. The molecule has 0 atom stereocenters. The lowest BCUT2D eigenvalue weighted by Gasteiger charge is -2.14. The quantitative estimate of drug-likeness (QED) is 0.895. The van der Waals surface area contributed by atoms with Gasteiger partial charge in [0.1, 0.15) is 5.75 Å². The van der Waals surface area contributed by atoms with Gasteiger partial charge in [-0.2, -0.15) is 0 Å². The Kier molecular flexibility index (Phi) is 3.24. The summed E-state index contributed by atoms with van der Waals surface area (Å²) in [4.78, 5) is 5.89. The van der Waals surface area contributed by atoms with Gasteiger partial charge in [0.15, 0.2) is 0 Å². The van der Waals surface area contributed by atoms with Crippen molar-refractivity contribution in [1.29, 1.82) is 0 Å². The van der Waals surface area contributed by atoms with Gasteiger partial charge < -0.3 is 14.6 Å². The van der Waals surface area contributed by atoms with Gasteiger partial charge in [0.05, 0.1) is 7.11 Å². The number of aromatic amines is 1. The zero-order chi connectivity index (χ0) is 12.4. The van der Waals surface area contributed by atoms with Crippen molar-refractivity contribution in [3.05, 3.63) is 30.0 Å². The third kappa shape index (κ3) is 2.10. The van der Waals surface area contributed by atoms with Crippen LogP contribution >= 0.6 is 0 Å². The normalized spacial score (nSPS) is 16.5. The molecule has 0 amide bonds. The lowest BCUT2D eigenvalue weighted by Crippen LogP contribution is -2.21. The predicted octanol–water partition coefficient (Wildman–Crippen LogP) is 2.81. The maximum absolute atomic E-state index is 5.46.